The third kappa shape index (κ3) is 4.76. The van der Waals surface area contributed by atoms with Crippen LogP contribution in [-0.2, 0) is 0 Å². The number of phenols is 1. The van der Waals surface area contributed by atoms with Gasteiger partial charge < -0.3 is 35.0 Å². The van der Waals surface area contributed by atoms with Crippen molar-refractivity contribution < 1.29 is 28.3 Å². The lowest BCUT2D eigenvalue weighted by molar-refractivity contribution is -0.0494. The van der Waals surface area contributed by atoms with Crippen LogP contribution >= 0.6 is 0 Å². The molecule has 1 saturated heterocycles. The second kappa shape index (κ2) is 9.41. The normalized spacial score (nSPS) is 15.1. The van der Waals surface area contributed by atoms with E-state index in [1.165, 1.54) is 19.1 Å². The number of nitrogens with one attached hydrogen (secondary N) is 2. The summed E-state index contributed by atoms with van der Waals surface area (Å²) in [5.74, 6) is 0.861. The number of rotatable bonds is 7. The van der Waals surface area contributed by atoms with Crippen molar-refractivity contribution in [3.8, 4) is 33.9 Å². The maximum atomic E-state index is 12.9. The molecule has 0 aliphatic carbocycles. The number of aromatic hydroxyl groups is 1. The van der Waals surface area contributed by atoms with E-state index in [1.54, 1.807) is 30.3 Å². The molecule has 1 aliphatic heterocycles. The Morgan fingerprint density at radius 1 is 1.16 bits per heavy atom. The van der Waals surface area contributed by atoms with Crippen molar-refractivity contribution in [1.29, 1.82) is 0 Å². The number of halogens is 2. The van der Waals surface area contributed by atoms with Gasteiger partial charge in [-0.25, -0.2) is 0 Å². The van der Waals surface area contributed by atoms with Crippen LogP contribution in [0.25, 0.3) is 22.5 Å². The highest BCUT2D eigenvalue weighted by Crippen LogP contribution is 2.41. The third-order valence-electron chi connectivity index (χ3n) is 5.11. The summed E-state index contributed by atoms with van der Waals surface area (Å²) in [6, 6.07) is 11.4. The fourth-order valence-corrected chi connectivity index (χ4v) is 3.64. The zero-order chi connectivity index (χ0) is 22.7. The van der Waals surface area contributed by atoms with Crippen molar-refractivity contribution in [3.05, 3.63) is 42.5 Å². The van der Waals surface area contributed by atoms with Crippen molar-refractivity contribution >= 4 is 11.5 Å². The standard InChI is InChI=1S/C22H24F2N4O4/c1-13(29)26-17-6-5-14(11-19(17)31-22(23)24)15-3-2-4-16(21(15)30)18-12-20(27-32-18)28-9-7-25-8-10-28/h2-6,11-13,22,25-26,29-30H,7-10H2,1H3. The SMILES string of the molecule is CC(O)Nc1ccc(-c2cccc(-c3cc(N4CCNCC4)no3)c2O)cc1OC(F)F. The second-order valence-corrected chi connectivity index (χ2v) is 7.40. The Morgan fingerprint density at radius 2 is 1.91 bits per heavy atom. The van der Waals surface area contributed by atoms with Gasteiger partial charge in [0.2, 0.25) is 0 Å². The van der Waals surface area contributed by atoms with Crippen molar-refractivity contribution in [2.24, 2.45) is 0 Å². The van der Waals surface area contributed by atoms with Crippen LogP contribution in [0.5, 0.6) is 11.5 Å². The number of nitrogens with zero attached hydrogens (tertiary/aromatic N) is 2. The molecular formula is C22H24F2N4O4. The lowest BCUT2D eigenvalue weighted by atomic mass is 9.99. The van der Waals surface area contributed by atoms with Gasteiger partial charge in [-0.05, 0) is 30.7 Å². The van der Waals surface area contributed by atoms with E-state index in [0.717, 1.165) is 26.2 Å². The van der Waals surface area contributed by atoms with Crippen molar-refractivity contribution in [1.82, 2.24) is 10.5 Å². The topological polar surface area (TPSA) is 103 Å². The lowest BCUT2D eigenvalue weighted by Gasteiger charge is -2.26. The maximum absolute atomic E-state index is 12.9. The maximum Gasteiger partial charge on any atom is 0.387 e. The molecule has 0 saturated carbocycles. The molecule has 10 heteroatoms. The number of phenolic OH excluding ortho intramolecular Hbond substituents is 1. The van der Waals surface area contributed by atoms with Crippen LogP contribution in [0.2, 0.25) is 0 Å². The van der Waals surface area contributed by atoms with E-state index in [1.807, 2.05) is 0 Å². The molecule has 1 aliphatic rings. The van der Waals surface area contributed by atoms with Gasteiger partial charge in [0.05, 0.1) is 11.3 Å². The number of benzene rings is 2. The Hall–Kier alpha value is -3.37. The quantitative estimate of drug-likeness (QED) is 0.409. The molecule has 0 radical (unpaired) electrons. The Morgan fingerprint density at radius 3 is 2.62 bits per heavy atom. The number of aliphatic hydroxyl groups is 1. The average Bonchev–Trinajstić information content (AvgIpc) is 3.25. The first-order chi connectivity index (χ1) is 15.4. The second-order valence-electron chi connectivity index (χ2n) is 7.40. The van der Waals surface area contributed by atoms with Gasteiger partial charge in [0.25, 0.3) is 0 Å². The highest BCUT2D eigenvalue weighted by Gasteiger charge is 2.20. The number of ether oxygens (including phenoxy) is 1. The molecule has 0 amide bonds. The molecule has 32 heavy (non-hydrogen) atoms. The van der Waals surface area contributed by atoms with Gasteiger partial charge in [-0.2, -0.15) is 8.78 Å². The summed E-state index contributed by atoms with van der Waals surface area (Å²) in [6.45, 7) is 1.73. The Balaban J connectivity index is 1.67. The first kappa shape index (κ1) is 21.8. The van der Waals surface area contributed by atoms with E-state index in [9.17, 15) is 19.0 Å². The molecule has 1 unspecified atom stereocenters. The van der Waals surface area contributed by atoms with Gasteiger partial charge in [-0.3, -0.25) is 0 Å². The van der Waals surface area contributed by atoms with Crippen LogP contribution in [0.4, 0.5) is 20.3 Å². The smallest absolute Gasteiger partial charge is 0.387 e. The van der Waals surface area contributed by atoms with Crippen molar-refractivity contribution in [2.75, 3.05) is 36.4 Å². The monoisotopic (exact) mass is 446 g/mol. The number of anilines is 2. The van der Waals surface area contributed by atoms with Gasteiger partial charge >= 0.3 is 6.61 Å². The minimum Gasteiger partial charge on any atom is -0.507 e. The molecule has 8 nitrogen and oxygen atoms in total. The fourth-order valence-electron chi connectivity index (χ4n) is 3.64. The predicted molar refractivity (Wildman–Crippen MR) is 116 cm³/mol. The largest absolute Gasteiger partial charge is 0.507 e. The van der Waals surface area contributed by atoms with Crippen LogP contribution in [0.1, 0.15) is 6.92 Å². The molecule has 170 valence electrons. The molecule has 0 spiro atoms. The molecule has 1 aromatic heterocycles. The van der Waals surface area contributed by atoms with Crippen LogP contribution in [-0.4, -0.2) is 54.4 Å². The molecule has 1 fully saturated rings. The number of alkyl halides is 2. The zero-order valence-corrected chi connectivity index (χ0v) is 17.4. The van der Waals surface area contributed by atoms with Crippen molar-refractivity contribution in [3.63, 3.8) is 0 Å². The van der Waals surface area contributed by atoms with E-state index in [0.29, 0.717) is 28.3 Å². The highest BCUT2D eigenvalue weighted by molar-refractivity contribution is 5.82. The molecule has 1 atom stereocenters. The molecule has 0 bridgehead atoms. The predicted octanol–water partition coefficient (Wildman–Crippen LogP) is 3.48. The summed E-state index contributed by atoms with van der Waals surface area (Å²) in [7, 11) is 0. The summed E-state index contributed by atoms with van der Waals surface area (Å²) in [5, 5.41) is 30.5. The Labute approximate surface area is 183 Å². The Bertz CT molecular complexity index is 1070. The van der Waals surface area contributed by atoms with Gasteiger partial charge in [-0.15, -0.1) is 0 Å². The van der Waals surface area contributed by atoms with Gasteiger partial charge in [0.15, 0.2) is 11.6 Å². The van der Waals surface area contributed by atoms with Crippen LogP contribution in [0, 0.1) is 0 Å². The summed E-state index contributed by atoms with van der Waals surface area (Å²) in [4.78, 5) is 2.09. The molecule has 2 aromatic carbocycles. The van der Waals surface area contributed by atoms with E-state index in [2.05, 4.69) is 25.4 Å². The van der Waals surface area contributed by atoms with E-state index >= 15 is 0 Å². The number of para-hydroxylation sites is 1. The minimum absolute atomic E-state index is 0.0743. The fraction of sp³-hybridized carbons (Fsp3) is 0.318. The molecule has 4 rings (SSSR count). The summed E-state index contributed by atoms with van der Waals surface area (Å²) in [6.07, 6.45) is -0.964. The number of hydrogen-bond acceptors (Lipinski definition) is 8. The molecular weight excluding hydrogens is 422 g/mol. The number of piperazine rings is 1. The average molecular weight is 446 g/mol. The number of aliphatic hydroxyl groups excluding tert-OH is 1. The summed E-state index contributed by atoms with van der Waals surface area (Å²) < 4.78 is 35.9. The van der Waals surface area contributed by atoms with E-state index < -0.39 is 12.8 Å². The highest BCUT2D eigenvalue weighted by atomic mass is 19.3. The molecule has 2 heterocycles. The first-order valence-electron chi connectivity index (χ1n) is 10.2. The Kier molecular flexibility index (Phi) is 6.42. The summed E-state index contributed by atoms with van der Waals surface area (Å²) in [5.41, 5.74) is 1.50. The molecule has 3 aromatic rings. The molecule has 4 N–H and O–H groups in total. The van der Waals surface area contributed by atoms with Crippen LogP contribution < -0.4 is 20.3 Å². The van der Waals surface area contributed by atoms with Gasteiger partial charge in [0.1, 0.15) is 17.7 Å². The zero-order valence-electron chi connectivity index (χ0n) is 17.4. The summed E-state index contributed by atoms with van der Waals surface area (Å²) >= 11 is 0. The van der Waals surface area contributed by atoms with Gasteiger partial charge in [-0.1, -0.05) is 23.4 Å². The third-order valence-corrected chi connectivity index (χ3v) is 5.11. The first-order valence-corrected chi connectivity index (χ1v) is 10.2. The van der Waals surface area contributed by atoms with Crippen LogP contribution in [0.3, 0.4) is 0 Å². The lowest BCUT2D eigenvalue weighted by Crippen LogP contribution is -2.43. The van der Waals surface area contributed by atoms with Gasteiger partial charge in [0, 0.05) is 37.8 Å². The minimum atomic E-state index is -3.04. The van der Waals surface area contributed by atoms with Crippen LogP contribution in [0.15, 0.2) is 47.0 Å². The van der Waals surface area contributed by atoms with Crippen molar-refractivity contribution in [2.45, 2.75) is 19.8 Å². The van der Waals surface area contributed by atoms with E-state index in [4.69, 9.17) is 4.52 Å². The van der Waals surface area contributed by atoms with E-state index in [-0.39, 0.29) is 17.2 Å². The number of hydrogen-bond donors (Lipinski definition) is 4. The number of aromatic nitrogens is 1.